The van der Waals surface area contributed by atoms with E-state index >= 15 is 0 Å². The van der Waals surface area contributed by atoms with Crippen LogP contribution >= 0.6 is 0 Å². The molecular formula is C15H19N7O2. The van der Waals surface area contributed by atoms with E-state index in [1.807, 2.05) is 13.8 Å². The molecule has 2 N–H and O–H groups in total. The standard InChI is InChI=1S/C15H19N7O2/c1-8(2)7-10-9(3)16-15-18-14(20-22(15)13(10)24)17-12(23)11-5-6-21(4)19-11/h5-6,8H,7H2,1-4H3,(H2,16,17,18,20,23). The number of aromatic nitrogens is 6. The number of fused-ring (bicyclic) bond motifs is 1. The quantitative estimate of drug-likeness (QED) is 0.739. The van der Waals surface area contributed by atoms with Gasteiger partial charge in [0.05, 0.1) is 5.69 Å². The van der Waals surface area contributed by atoms with E-state index in [0.29, 0.717) is 23.6 Å². The van der Waals surface area contributed by atoms with E-state index in [1.165, 1.54) is 9.20 Å². The normalized spacial score (nSPS) is 11.4. The van der Waals surface area contributed by atoms with Crippen molar-refractivity contribution < 1.29 is 4.79 Å². The molecule has 3 aromatic rings. The van der Waals surface area contributed by atoms with Crippen LogP contribution in [0.1, 0.15) is 35.6 Å². The van der Waals surface area contributed by atoms with Crippen LogP contribution in [0.2, 0.25) is 0 Å². The van der Waals surface area contributed by atoms with Crippen molar-refractivity contribution in [3.8, 4) is 0 Å². The molecule has 0 bridgehead atoms. The Morgan fingerprint density at radius 2 is 2.12 bits per heavy atom. The van der Waals surface area contributed by atoms with E-state index in [1.54, 1.807) is 26.2 Å². The number of aryl methyl sites for hydroxylation is 2. The van der Waals surface area contributed by atoms with Gasteiger partial charge in [-0.3, -0.25) is 24.7 Å². The van der Waals surface area contributed by atoms with Gasteiger partial charge in [-0.05, 0) is 25.3 Å². The van der Waals surface area contributed by atoms with Crippen LogP contribution in [0.15, 0.2) is 17.1 Å². The van der Waals surface area contributed by atoms with Gasteiger partial charge < -0.3 is 0 Å². The van der Waals surface area contributed by atoms with Crippen molar-refractivity contribution >= 4 is 17.6 Å². The van der Waals surface area contributed by atoms with Gasteiger partial charge in [0.15, 0.2) is 5.69 Å². The lowest BCUT2D eigenvalue weighted by molar-refractivity contribution is 0.102. The fraction of sp³-hybridized carbons (Fsp3) is 0.400. The molecule has 9 nitrogen and oxygen atoms in total. The molecule has 9 heteroatoms. The summed E-state index contributed by atoms with van der Waals surface area (Å²) < 4.78 is 2.78. The molecule has 3 aromatic heterocycles. The van der Waals surface area contributed by atoms with Gasteiger partial charge in [-0.15, -0.1) is 0 Å². The molecule has 0 spiro atoms. The maximum Gasteiger partial charge on any atom is 0.278 e. The maximum absolute atomic E-state index is 12.6. The average molecular weight is 329 g/mol. The zero-order chi connectivity index (χ0) is 17.4. The summed E-state index contributed by atoms with van der Waals surface area (Å²) in [5, 5.41) is 9.38. The SMILES string of the molecule is Cc1nc2nc(NC(=O)c3ccn(C)n3)[nH]n2c(=O)c1CC(C)C. The molecule has 0 aliphatic heterocycles. The first-order valence-corrected chi connectivity index (χ1v) is 7.64. The van der Waals surface area contributed by atoms with Gasteiger partial charge in [0, 0.05) is 18.8 Å². The van der Waals surface area contributed by atoms with E-state index < -0.39 is 5.91 Å². The molecule has 24 heavy (non-hydrogen) atoms. The van der Waals surface area contributed by atoms with Crippen molar-refractivity contribution in [3.05, 3.63) is 39.6 Å². The molecular weight excluding hydrogens is 310 g/mol. The summed E-state index contributed by atoms with van der Waals surface area (Å²) in [6.07, 6.45) is 2.30. The minimum Gasteiger partial charge on any atom is -0.289 e. The lowest BCUT2D eigenvalue weighted by Crippen LogP contribution is -2.23. The fourth-order valence-electron chi connectivity index (χ4n) is 2.46. The first-order chi connectivity index (χ1) is 11.3. The van der Waals surface area contributed by atoms with Gasteiger partial charge >= 0.3 is 0 Å². The number of nitrogens with zero attached hydrogens (tertiary/aromatic N) is 5. The molecule has 0 radical (unpaired) electrons. The Kier molecular flexibility index (Phi) is 3.92. The predicted molar refractivity (Wildman–Crippen MR) is 88.0 cm³/mol. The summed E-state index contributed by atoms with van der Waals surface area (Å²) in [6, 6.07) is 1.59. The topological polar surface area (TPSA) is 110 Å². The van der Waals surface area contributed by atoms with E-state index in [2.05, 4.69) is 25.5 Å². The van der Waals surface area contributed by atoms with Gasteiger partial charge in [0.25, 0.3) is 17.2 Å². The average Bonchev–Trinajstić information content (AvgIpc) is 3.09. The third-order valence-corrected chi connectivity index (χ3v) is 3.59. The summed E-state index contributed by atoms with van der Waals surface area (Å²) in [4.78, 5) is 33.2. The van der Waals surface area contributed by atoms with Crippen LogP contribution in [-0.4, -0.2) is 35.3 Å². The van der Waals surface area contributed by atoms with Gasteiger partial charge in [-0.25, -0.2) is 4.98 Å². The molecule has 3 rings (SSSR count). The second-order valence-electron chi connectivity index (χ2n) is 6.12. The van der Waals surface area contributed by atoms with Crippen LogP contribution in [0.3, 0.4) is 0 Å². The largest absolute Gasteiger partial charge is 0.289 e. The van der Waals surface area contributed by atoms with Crippen LogP contribution in [0.4, 0.5) is 5.95 Å². The molecule has 0 unspecified atom stereocenters. The maximum atomic E-state index is 12.6. The molecule has 0 saturated carbocycles. The van der Waals surface area contributed by atoms with Crippen LogP contribution in [0.5, 0.6) is 0 Å². The summed E-state index contributed by atoms with van der Waals surface area (Å²) in [5.41, 5.74) is 1.36. The predicted octanol–water partition coefficient (Wildman–Crippen LogP) is 0.910. The van der Waals surface area contributed by atoms with Crippen LogP contribution < -0.4 is 10.9 Å². The lowest BCUT2D eigenvalue weighted by atomic mass is 10.0. The van der Waals surface area contributed by atoms with E-state index in [-0.39, 0.29) is 23.0 Å². The zero-order valence-electron chi connectivity index (χ0n) is 14.0. The fourth-order valence-corrected chi connectivity index (χ4v) is 2.46. The van der Waals surface area contributed by atoms with Crippen molar-refractivity contribution in [2.45, 2.75) is 27.2 Å². The number of carbonyl (C=O) groups excluding carboxylic acids is 1. The number of aromatic amines is 1. The van der Waals surface area contributed by atoms with Crippen LogP contribution in [-0.2, 0) is 13.5 Å². The number of anilines is 1. The minimum atomic E-state index is -0.415. The number of nitrogens with one attached hydrogen (secondary N) is 2. The van der Waals surface area contributed by atoms with E-state index in [0.717, 1.165) is 0 Å². The van der Waals surface area contributed by atoms with Crippen molar-refractivity contribution in [3.63, 3.8) is 0 Å². The highest BCUT2D eigenvalue weighted by Gasteiger charge is 2.16. The smallest absolute Gasteiger partial charge is 0.278 e. The second kappa shape index (κ2) is 5.91. The molecule has 0 aliphatic carbocycles. The van der Waals surface area contributed by atoms with Crippen LogP contribution in [0.25, 0.3) is 5.78 Å². The Bertz CT molecular complexity index is 964. The van der Waals surface area contributed by atoms with Gasteiger partial charge in [0.2, 0.25) is 5.95 Å². The number of rotatable bonds is 4. The minimum absolute atomic E-state index is 0.149. The van der Waals surface area contributed by atoms with Gasteiger partial charge in [-0.1, -0.05) is 13.8 Å². The molecule has 0 aliphatic rings. The first kappa shape index (κ1) is 15.9. The third-order valence-electron chi connectivity index (χ3n) is 3.59. The molecule has 0 saturated heterocycles. The Morgan fingerprint density at radius 3 is 2.75 bits per heavy atom. The molecule has 0 atom stereocenters. The second-order valence-corrected chi connectivity index (χ2v) is 6.12. The van der Waals surface area contributed by atoms with Crippen molar-refractivity contribution in [2.24, 2.45) is 13.0 Å². The summed E-state index contributed by atoms with van der Waals surface area (Å²) in [5.74, 6) is 0.294. The number of H-pyrrole nitrogens is 1. The molecule has 126 valence electrons. The molecule has 3 heterocycles. The third kappa shape index (κ3) is 2.92. The highest BCUT2D eigenvalue weighted by molar-refractivity contribution is 6.01. The summed E-state index contributed by atoms with van der Waals surface area (Å²) in [6.45, 7) is 5.87. The summed E-state index contributed by atoms with van der Waals surface area (Å²) in [7, 11) is 1.72. The Labute approximate surface area is 137 Å². The van der Waals surface area contributed by atoms with Crippen molar-refractivity contribution in [1.29, 1.82) is 0 Å². The highest BCUT2D eigenvalue weighted by Crippen LogP contribution is 2.10. The lowest BCUT2D eigenvalue weighted by Gasteiger charge is -2.06. The molecule has 0 fully saturated rings. The van der Waals surface area contributed by atoms with Gasteiger partial charge in [0.1, 0.15) is 0 Å². The van der Waals surface area contributed by atoms with Gasteiger partial charge in [-0.2, -0.15) is 14.6 Å². The number of carbonyl (C=O) groups is 1. The first-order valence-electron chi connectivity index (χ1n) is 7.64. The van der Waals surface area contributed by atoms with E-state index in [4.69, 9.17) is 0 Å². The van der Waals surface area contributed by atoms with Crippen molar-refractivity contribution in [1.82, 2.24) is 29.4 Å². The number of hydrogen-bond acceptors (Lipinski definition) is 5. The Morgan fingerprint density at radius 1 is 1.38 bits per heavy atom. The van der Waals surface area contributed by atoms with E-state index in [9.17, 15) is 9.59 Å². The molecule has 0 aromatic carbocycles. The zero-order valence-corrected chi connectivity index (χ0v) is 14.0. The number of amides is 1. The molecule has 1 amide bonds. The monoisotopic (exact) mass is 329 g/mol. The van der Waals surface area contributed by atoms with Crippen molar-refractivity contribution in [2.75, 3.05) is 5.32 Å². The Balaban J connectivity index is 1.95. The summed E-state index contributed by atoms with van der Waals surface area (Å²) >= 11 is 0. The highest BCUT2D eigenvalue weighted by atomic mass is 16.2. The Hall–Kier alpha value is -2.97. The van der Waals surface area contributed by atoms with Crippen LogP contribution in [0, 0.1) is 12.8 Å². The number of hydrogen-bond donors (Lipinski definition) is 2.